The predicted molar refractivity (Wildman–Crippen MR) is 81.0 cm³/mol. The molecule has 4 nitrogen and oxygen atoms in total. The number of halogens is 1. The Bertz CT molecular complexity index is 460. The van der Waals surface area contributed by atoms with E-state index in [2.05, 4.69) is 5.32 Å². The lowest BCUT2D eigenvalue weighted by Gasteiger charge is -2.12. The quantitative estimate of drug-likeness (QED) is 0.593. The summed E-state index contributed by atoms with van der Waals surface area (Å²) in [5.74, 6) is 1.51. The minimum absolute atomic E-state index is 0.159. The molecule has 0 atom stereocenters. The van der Waals surface area contributed by atoms with Crippen LogP contribution in [0.25, 0.3) is 0 Å². The summed E-state index contributed by atoms with van der Waals surface area (Å²) in [6, 6.07) is 5.15. The number of carbonyl (C=O) groups is 1. The third-order valence-electron chi connectivity index (χ3n) is 2.44. The zero-order valence-electron chi connectivity index (χ0n) is 11.8. The van der Waals surface area contributed by atoms with Crippen molar-refractivity contribution in [1.82, 2.24) is 5.32 Å². The molecule has 0 spiro atoms. The van der Waals surface area contributed by atoms with Crippen molar-refractivity contribution in [2.24, 2.45) is 0 Å². The highest BCUT2D eigenvalue weighted by Gasteiger charge is 2.10. The van der Waals surface area contributed by atoms with Gasteiger partial charge in [0.1, 0.15) is 0 Å². The van der Waals surface area contributed by atoms with Crippen LogP contribution in [0.2, 0.25) is 0 Å². The molecule has 0 saturated heterocycles. The van der Waals surface area contributed by atoms with Gasteiger partial charge in [-0.05, 0) is 32.0 Å². The Balaban J connectivity index is 2.76. The summed E-state index contributed by atoms with van der Waals surface area (Å²) in [7, 11) is 0. The van der Waals surface area contributed by atoms with Gasteiger partial charge in [0.15, 0.2) is 11.5 Å². The molecule has 0 heterocycles. The van der Waals surface area contributed by atoms with E-state index in [1.54, 1.807) is 24.3 Å². The molecule has 0 saturated carbocycles. The van der Waals surface area contributed by atoms with Crippen molar-refractivity contribution >= 4 is 17.5 Å². The molecule has 0 radical (unpaired) electrons. The van der Waals surface area contributed by atoms with E-state index in [1.165, 1.54) is 0 Å². The molecular formula is C15H20ClNO3. The Morgan fingerprint density at radius 2 is 1.90 bits per heavy atom. The topological polar surface area (TPSA) is 47.6 Å². The molecule has 1 aromatic rings. The second-order valence-electron chi connectivity index (χ2n) is 3.86. The smallest absolute Gasteiger partial charge is 0.251 e. The average molecular weight is 298 g/mol. The summed E-state index contributed by atoms with van der Waals surface area (Å²) in [5.41, 5.74) is 0.538. The number of alkyl halides is 1. The lowest BCUT2D eigenvalue weighted by molar-refractivity contribution is 0.0957. The fourth-order valence-corrected chi connectivity index (χ4v) is 1.72. The number of amides is 1. The lowest BCUT2D eigenvalue weighted by atomic mass is 10.2. The Labute approximate surface area is 124 Å². The molecule has 0 aliphatic heterocycles. The van der Waals surface area contributed by atoms with E-state index < -0.39 is 0 Å². The molecule has 0 fully saturated rings. The van der Waals surface area contributed by atoms with Crippen LogP contribution in [0.5, 0.6) is 11.5 Å². The maximum absolute atomic E-state index is 12.0. The lowest BCUT2D eigenvalue weighted by Crippen LogP contribution is -2.23. The minimum Gasteiger partial charge on any atom is -0.490 e. The number of nitrogens with one attached hydrogen (secondary N) is 1. The fourth-order valence-electron chi connectivity index (χ4n) is 1.59. The van der Waals surface area contributed by atoms with Crippen molar-refractivity contribution in [3.05, 3.63) is 35.9 Å². The molecule has 1 aromatic carbocycles. The highest BCUT2D eigenvalue weighted by molar-refractivity contribution is 6.18. The summed E-state index contributed by atoms with van der Waals surface area (Å²) in [6.07, 6.45) is 3.59. The predicted octanol–water partition coefficient (Wildman–Crippen LogP) is 3.01. The standard InChI is InChI=1S/C15H20ClNO3/c1-3-19-13-8-7-12(11-14(13)20-4-2)15(18)17-10-6-5-9-16/h5-8,11H,3-4,9-10H2,1-2H3,(H,17,18)/b6-5+. The van der Waals surface area contributed by atoms with Gasteiger partial charge in [-0.1, -0.05) is 12.2 Å². The van der Waals surface area contributed by atoms with Crippen LogP contribution >= 0.6 is 11.6 Å². The second-order valence-corrected chi connectivity index (χ2v) is 4.17. The number of rotatable bonds is 8. The Hall–Kier alpha value is -1.68. The SMILES string of the molecule is CCOc1ccc(C(=O)NC/C=C/CCl)cc1OCC. The molecular weight excluding hydrogens is 278 g/mol. The molecule has 20 heavy (non-hydrogen) atoms. The van der Waals surface area contributed by atoms with E-state index in [9.17, 15) is 4.79 Å². The number of allylic oxidation sites excluding steroid dienone is 1. The summed E-state index contributed by atoms with van der Waals surface area (Å²) < 4.78 is 10.9. The van der Waals surface area contributed by atoms with Crippen LogP contribution in [0.3, 0.4) is 0 Å². The summed E-state index contributed by atoms with van der Waals surface area (Å²) in [6.45, 7) is 5.31. The Morgan fingerprint density at radius 1 is 1.20 bits per heavy atom. The third kappa shape index (κ3) is 5.13. The van der Waals surface area contributed by atoms with Gasteiger partial charge in [0, 0.05) is 18.0 Å². The van der Waals surface area contributed by atoms with Crippen molar-refractivity contribution in [3.63, 3.8) is 0 Å². The zero-order chi connectivity index (χ0) is 14.8. The number of benzene rings is 1. The van der Waals surface area contributed by atoms with E-state index in [4.69, 9.17) is 21.1 Å². The van der Waals surface area contributed by atoms with E-state index in [1.807, 2.05) is 19.9 Å². The summed E-state index contributed by atoms with van der Waals surface area (Å²) in [4.78, 5) is 12.0. The van der Waals surface area contributed by atoms with Crippen molar-refractivity contribution in [2.45, 2.75) is 13.8 Å². The fraction of sp³-hybridized carbons (Fsp3) is 0.400. The van der Waals surface area contributed by atoms with Crippen LogP contribution in [0.15, 0.2) is 30.4 Å². The normalized spacial score (nSPS) is 10.6. The van der Waals surface area contributed by atoms with Gasteiger partial charge < -0.3 is 14.8 Å². The van der Waals surface area contributed by atoms with Gasteiger partial charge in [0.05, 0.1) is 13.2 Å². The summed E-state index contributed by atoms with van der Waals surface area (Å²) in [5, 5.41) is 2.77. The van der Waals surface area contributed by atoms with Crippen LogP contribution in [0.1, 0.15) is 24.2 Å². The maximum Gasteiger partial charge on any atom is 0.251 e. The van der Waals surface area contributed by atoms with Crippen molar-refractivity contribution in [2.75, 3.05) is 25.6 Å². The first-order valence-electron chi connectivity index (χ1n) is 6.61. The van der Waals surface area contributed by atoms with Crippen LogP contribution in [-0.2, 0) is 0 Å². The molecule has 0 aliphatic rings. The first-order valence-corrected chi connectivity index (χ1v) is 7.15. The second kappa shape index (κ2) is 9.26. The molecule has 0 aliphatic carbocycles. The van der Waals surface area contributed by atoms with Gasteiger partial charge in [0.25, 0.3) is 5.91 Å². The van der Waals surface area contributed by atoms with Gasteiger partial charge in [-0.3, -0.25) is 4.79 Å². The molecule has 1 amide bonds. The van der Waals surface area contributed by atoms with Crippen LogP contribution in [-0.4, -0.2) is 31.5 Å². The van der Waals surface area contributed by atoms with Gasteiger partial charge in [-0.15, -0.1) is 11.6 Å². The number of hydrogen-bond donors (Lipinski definition) is 1. The summed E-state index contributed by atoms with van der Waals surface area (Å²) >= 11 is 5.51. The Morgan fingerprint density at radius 3 is 2.55 bits per heavy atom. The van der Waals surface area contributed by atoms with Crippen LogP contribution < -0.4 is 14.8 Å². The molecule has 110 valence electrons. The monoisotopic (exact) mass is 297 g/mol. The molecule has 0 unspecified atom stereocenters. The largest absolute Gasteiger partial charge is 0.490 e. The number of ether oxygens (including phenoxy) is 2. The highest BCUT2D eigenvalue weighted by atomic mass is 35.5. The zero-order valence-corrected chi connectivity index (χ0v) is 12.6. The number of hydrogen-bond acceptors (Lipinski definition) is 3. The van der Waals surface area contributed by atoms with Crippen LogP contribution in [0, 0.1) is 0 Å². The molecule has 5 heteroatoms. The van der Waals surface area contributed by atoms with Crippen molar-refractivity contribution < 1.29 is 14.3 Å². The first-order chi connectivity index (χ1) is 9.72. The van der Waals surface area contributed by atoms with Gasteiger partial charge in [-0.2, -0.15) is 0 Å². The maximum atomic E-state index is 12.0. The van der Waals surface area contributed by atoms with Gasteiger partial charge in [0.2, 0.25) is 0 Å². The van der Waals surface area contributed by atoms with Crippen molar-refractivity contribution in [3.8, 4) is 11.5 Å². The molecule has 0 bridgehead atoms. The van der Waals surface area contributed by atoms with Gasteiger partial charge in [-0.25, -0.2) is 0 Å². The van der Waals surface area contributed by atoms with E-state index >= 15 is 0 Å². The molecule has 1 rings (SSSR count). The molecule has 0 aromatic heterocycles. The van der Waals surface area contributed by atoms with E-state index in [-0.39, 0.29) is 5.91 Å². The Kier molecular flexibility index (Phi) is 7.58. The minimum atomic E-state index is -0.159. The average Bonchev–Trinajstić information content (AvgIpc) is 2.45. The van der Waals surface area contributed by atoms with Crippen molar-refractivity contribution in [1.29, 1.82) is 0 Å². The third-order valence-corrected chi connectivity index (χ3v) is 2.62. The van der Waals surface area contributed by atoms with Gasteiger partial charge >= 0.3 is 0 Å². The first kappa shape index (κ1) is 16.4. The van der Waals surface area contributed by atoms with E-state index in [0.717, 1.165) is 0 Å². The molecule has 1 N–H and O–H groups in total. The van der Waals surface area contributed by atoms with E-state index in [0.29, 0.717) is 42.7 Å². The number of carbonyl (C=O) groups excluding carboxylic acids is 1. The highest BCUT2D eigenvalue weighted by Crippen LogP contribution is 2.28. The van der Waals surface area contributed by atoms with Crippen LogP contribution in [0.4, 0.5) is 0 Å².